The molecule has 2 nitrogen and oxygen atoms in total. The van der Waals surface area contributed by atoms with Gasteiger partial charge in [-0.15, -0.1) is 0 Å². The van der Waals surface area contributed by atoms with Crippen molar-refractivity contribution in [3.8, 4) is 0 Å². The molecule has 1 aromatic carbocycles. The molecule has 0 atom stereocenters. The standard InChI is InChI=1S/C14H22BrNO/c1-5-17-14(3,4)10-16-9-12-6-7-13(15)11(2)8-12/h6-8,16H,5,9-10H2,1-4H3. The predicted octanol–water partition coefficient (Wildman–Crippen LogP) is 3.66. The van der Waals surface area contributed by atoms with E-state index in [9.17, 15) is 0 Å². The number of aryl methyl sites for hydroxylation is 1. The van der Waals surface area contributed by atoms with E-state index in [0.717, 1.165) is 24.2 Å². The highest BCUT2D eigenvalue weighted by atomic mass is 79.9. The lowest BCUT2D eigenvalue weighted by Crippen LogP contribution is -2.37. The van der Waals surface area contributed by atoms with Crippen molar-refractivity contribution < 1.29 is 4.74 Å². The minimum atomic E-state index is -0.0981. The van der Waals surface area contributed by atoms with Crippen LogP contribution >= 0.6 is 15.9 Å². The van der Waals surface area contributed by atoms with Crippen LogP contribution in [-0.2, 0) is 11.3 Å². The Morgan fingerprint density at radius 1 is 1.35 bits per heavy atom. The van der Waals surface area contributed by atoms with E-state index >= 15 is 0 Å². The molecular weight excluding hydrogens is 278 g/mol. The van der Waals surface area contributed by atoms with Crippen molar-refractivity contribution >= 4 is 15.9 Å². The fourth-order valence-corrected chi connectivity index (χ4v) is 2.01. The molecule has 0 aliphatic carbocycles. The first-order valence-corrected chi connectivity index (χ1v) is 6.83. The molecule has 0 fully saturated rings. The second kappa shape index (κ2) is 6.53. The van der Waals surface area contributed by atoms with Crippen LogP contribution in [0.1, 0.15) is 31.9 Å². The number of hydrogen-bond donors (Lipinski definition) is 1. The Labute approximate surface area is 113 Å². The van der Waals surface area contributed by atoms with Gasteiger partial charge in [-0.1, -0.05) is 28.1 Å². The Morgan fingerprint density at radius 3 is 2.65 bits per heavy atom. The van der Waals surface area contributed by atoms with E-state index in [1.165, 1.54) is 11.1 Å². The molecule has 0 bridgehead atoms. The Bertz CT molecular complexity index is 363. The molecule has 17 heavy (non-hydrogen) atoms. The van der Waals surface area contributed by atoms with Crippen LogP contribution in [0.4, 0.5) is 0 Å². The summed E-state index contributed by atoms with van der Waals surface area (Å²) in [7, 11) is 0. The molecule has 0 heterocycles. The van der Waals surface area contributed by atoms with Gasteiger partial charge < -0.3 is 10.1 Å². The quantitative estimate of drug-likeness (QED) is 0.865. The molecule has 0 amide bonds. The first-order valence-electron chi connectivity index (χ1n) is 6.04. The van der Waals surface area contributed by atoms with Crippen LogP contribution in [0.15, 0.2) is 22.7 Å². The molecule has 1 N–H and O–H groups in total. The van der Waals surface area contributed by atoms with Crippen molar-refractivity contribution in [2.24, 2.45) is 0 Å². The first kappa shape index (κ1) is 14.7. The van der Waals surface area contributed by atoms with E-state index in [0.29, 0.717) is 0 Å². The predicted molar refractivity (Wildman–Crippen MR) is 76.3 cm³/mol. The van der Waals surface area contributed by atoms with Crippen LogP contribution in [-0.4, -0.2) is 18.8 Å². The van der Waals surface area contributed by atoms with Crippen LogP contribution in [0.3, 0.4) is 0 Å². The fourth-order valence-electron chi connectivity index (χ4n) is 1.77. The molecule has 0 spiro atoms. The zero-order valence-electron chi connectivity index (χ0n) is 11.1. The van der Waals surface area contributed by atoms with Crippen LogP contribution in [0.2, 0.25) is 0 Å². The Kier molecular flexibility index (Phi) is 5.63. The maximum Gasteiger partial charge on any atom is 0.0750 e. The van der Waals surface area contributed by atoms with Crippen LogP contribution < -0.4 is 5.32 Å². The fraction of sp³-hybridized carbons (Fsp3) is 0.571. The van der Waals surface area contributed by atoms with E-state index in [2.05, 4.69) is 60.2 Å². The highest BCUT2D eigenvalue weighted by molar-refractivity contribution is 9.10. The van der Waals surface area contributed by atoms with Crippen LogP contribution in [0, 0.1) is 6.92 Å². The zero-order chi connectivity index (χ0) is 12.9. The monoisotopic (exact) mass is 299 g/mol. The summed E-state index contributed by atoms with van der Waals surface area (Å²) >= 11 is 3.51. The Morgan fingerprint density at radius 2 is 2.06 bits per heavy atom. The summed E-state index contributed by atoms with van der Waals surface area (Å²) in [6.45, 7) is 10.8. The van der Waals surface area contributed by atoms with E-state index in [1.54, 1.807) is 0 Å². The molecular formula is C14H22BrNO. The second-order valence-electron chi connectivity index (χ2n) is 4.88. The smallest absolute Gasteiger partial charge is 0.0750 e. The molecule has 1 rings (SSSR count). The van der Waals surface area contributed by atoms with E-state index in [1.807, 2.05) is 6.92 Å². The molecule has 0 unspecified atom stereocenters. The Hall–Kier alpha value is -0.380. The van der Waals surface area contributed by atoms with Gasteiger partial charge in [-0.05, 0) is 44.9 Å². The molecule has 3 heteroatoms. The summed E-state index contributed by atoms with van der Waals surface area (Å²) in [6.07, 6.45) is 0. The SMILES string of the molecule is CCOC(C)(C)CNCc1ccc(Br)c(C)c1. The van der Waals surface area contributed by atoms with Gasteiger partial charge in [-0.2, -0.15) is 0 Å². The Balaban J connectivity index is 2.43. The van der Waals surface area contributed by atoms with Gasteiger partial charge in [-0.25, -0.2) is 0 Å². The maximum absolute atomic E-state index is 5.64. The highest BCUT2D eigenvalue weighted by Gasteiger charge is 2.16. The van der Waals surface area contributed by atoms with Gasteiger partial charge in [0.15, 0.2) is 0 Å². The maximum atomic E-state index is 5.64. The van der Waals surface area contributed by atoms with Gasteiger partial charge in [0.2, 0.25) is 0 Å². The third-order valence-corrected chi connectivity index (χ3v) is 3.53. The average molecular weight is 300 g/mol. The van der Waals surface area contributed by atoms with Crippen molar-refractivity contribution in [3.05, 3.63) is 33.8 Å². The minimum absolute atomic E-state index is 0.0981. The summed E-state index contributed by atoms with van der Waals surface area (Å²) in [4.78, 5) is 0. The zero-order valence-corrected chi connectivity index (χ0v) is 12.7. The normalized spacial score (nSPS) is 11.8. The number of benzene rings is 1. The number of rotatable bonds is 6. The number of hydrogen-bond acceptors (Lipinski definition) is 2. The summed E-state index contributed by atoms with van der Waals surface area (Å²) in [5.41, 5.74) is 2.48. The second-order valence-corrected chi connectivity index (χ2v) is 5.73. The summed E-state index contributed by atoms with van der Waals surface area (Å²) < 4.78 is 6.80. The van der Waals surface area contributed by atoms with E-state index in [-0.39, 0.29) is 5.60 Å². The molecule has 1 aromatic rings. The number of ether oxygens (including phenoxy) is 1. The van der Waals surface area contributed by atoms with Crippen molar-refractivity contribution in [1.29, 1.82) is 0 Å². The van der Waals surface area contributed by atoms with Crippen molar-refractivity contribution in [1.82, 2.24) is 5.32 Å². The third-order valence-electron chi connectivity index (χ3n) is 2.64. The first-order chi connectivity index (χ1) is 7.94. The number of halogens is 1. The molecule has 96 valence electrons. The average Bonchev–Trinajstić information content (AvgIpc) is 2.23. The van der Waals surface area contributed by atoms with Gasteiger partial charge >= 0.3 is 0 Å². The minimum Gasteiger partial charge on any atom is -0.375 e. The summed E-state index contributed by atoms with van der Waals surface area (Å²) in [6, 6.07) is 6.43. The molecule has 0 aliphatic rings. The van der Waals surface area contributed by atoms with E-state index in [4.69, 9.17) is 4.74 Å². The van der Waals surface area contributed by atoms with Crippen molar-refractivity contribution in [2.45, 2.75) is 39.8 Å². The summed E-state index contributed by atoms with van der Waals surface area (Å²) in [5, 5.41) is 3.43. The van der Waals surface area contributed by atoms with Gasteiger partial charge in [0, 0.05) is 24.2 Å². The van der Waals surface area contributed by atoms with Gasteiger partial charge in [0.1, 0.15) is 0 Å². The molecule has 0 saturated carbocycles. The molecule has 0 saturated heterocycles. The molecule has 0 radical (unpaired) electrons. The van der Waals surface area contributed by atoms with Crippen molar-refractivity contribution in [3.63, 3.8) is 0 Å². The lowest BCUT2D eigenvalue weighted by atomic mass is 10.1. The summed E-state index contributed by atoms with van der Waals surface area (Å²) in [5.74, 6) is 0. The van der Waals surface area contributed by atoms with Crippen LogP contribution in [0.5, 0.6) is 0 Å². The lowest BCUT2D eigenvalue weighted by molar-refractivity contribution is -0.00897. The van der Waals surface area contributed by atoms with Gasteiger partial charge in [0.05, 0.1) is 5.60 Å². The van der Waals surface area contributed by atoms with Gasteiger partial charge in [-0.3, -0.25) is 0 Å². The third kappa shape index (κ3) is 5.19. The van der Waals surface area contributed by atoms with Crippen LogP contribution in [0.25, 0.3) is 0 Å². The van der Waals surface area contributed by atoms with Gasteiger partial charge in [0.25, 0.3) is 0 Å². The number of nitrogens with one attached hydrogen (secondary N) is 1. The molecule has 0 aromatic heterocycles. The topological polar surface area (TPSA) is 21.3 Å². The molecule has 0 aliphatic heterocycles. The lowest BCUT2D eigenvalue weighted by Gasteiger charge is -2.25. The van der Waals surface area contributed by atoms with Crippen molar-refractivity contribution in [2.75, 3.05) is 13.2 Å². The highest BCUT2D eigenvalue weighted by Crippen LogP contribution is 2.17. The largest absolute Gasteiger partial charge is 0.375 e. The van der Waals surface area contributed by atoms with E-state index < -0.39 is 0 Å².